The van der Waals surface area contributed by atoms with Crippen molar-refractivity contribution in [3.8, 4) is 67.6 Å². The molecule has 0 aliphatic carbocycles. The highest BCUT2D eigenvalue weighted by Gasteiger charge is 2.15. The number of hydrogen-bond donors (Lipinski definition) is 0. The van der Waals surface area contributed by atoms with Gasteiger partial charge in [-0.3, -0.25) is 0 Å². The van der Waals surface area contributed by atoms with Gasteiger partial charge in [0.25, 0.3) is 0 Å². The fourth-order valence-electron chi connectivity index (χ4n) is 5.65. The molecule has 0 saturated heterocycles. The maximum atomic E-state index is 6.34. The Balaban J connectivity index is 1.22. The molecule has 0 radical (unpaired) electrons. The first kappa shape index (κ1) is 26.5. The zero-order valence-corrected chi connectivity index (χ0v) is 24.3. The molecule has 0 unspecified atom stereocenters. The maximum absolute atomic E-state index is 6.34. The summed E-state index contributed by atoms with van der Waals surface area (Å²) in [6, 6.07) is 55.7. The number of hydrogen-bond acceptors (Lipinski definition) is 4. The molecule has 0 bridgehead atoms. The summed E-state index contributed by atoms with van der Waals surface area (Å²) in [5, 5.41) is 0. The van der Waals surface area contributed by atoms with Gasteiger partial charge in [-0.1, -0.05) is 133 Å². The molecule has 6 aromatic carbocycles. The van der Waals surface area contributed by atoms with Crippen LogP contribution in [0.5, 0.6) is 0 Å². The van der Waals surface area contributed by atoms with Crippen LogP contribution < -0.4 is 0 Å². The number of oxazole rings is 1. The second kappa shape index (κ2) is 11.5. The maximum Gasteiger partial charge on any atom is 0.227 e. The van der Waals surface area contributed by atoms with Crippen molar-refractivity contribution in [3.63, 3.8) is 0 Å². The average Bonchev–Trinajstić information content (AvgIpc) is 3.58. The van der Waals surface area contributed by atoms with Gasteiger partial charge >= 0.3 is 0 Å². The Hall–Kier alpha value is -6.13. The van der Waals surface area contributed by atoms with E-state index in [1.54, 1.807) is 0 Å². The Kier molecular flexibility index (Phi) is 6.78. The lowest BCUT2D eigenvalue weighted by Gasteiger charge is -2.11. The van der Waals surface area contributed by atoms with Crippen LogP contribution in [0, 0.1) is 0 Å². The van der Waals surface area contributed by atoms with Crippen LogP contribution in [0.1, 0.15) is 0 Å². The standard InChI is InChI=1S/C41H27N3O/c1-4-12-28(13-5-1)29-22-24-30(25-23-29)37-27-38(43-40(42-37)31-14-6-2-7-15-31)34-19-10-18-33(26-34)35-20-11-21-36-39(35)45-41(44-36)32-16-8-3-9-17-32/h1-27H. The Labute approximate surface area is 261 Å². The Morgan fingerprint density at radius 1 is 0.356 bits per heavy atom. The molecule has 0 N–H and O–H groups in total. The fraction of sp³-hybridized carbons (Fsp3) is 0. The predicted molar refractivity (Wildman–Crippen MR) is 182 cm³/mol. The monoisotopic (exact) mass is 577 g/mol. The largest absolute Gasteiger partial charge is 0.435 e. The van der Waals surface area contributed by atoms with Crippen LogP contribution in [0.3, 0.4) is 0 Å². The minimum atomic E-state index is 0.612. The first-order valence-electron chi connectivity index (χ1n) is 14.9. The lowest BCUT2D eigenvalue weighted by atomic mass is 9.99. The van der Waals surface area contributed by atoms with Gasteiger partial charge < -0.3 is 4.42 Å². The van der Waals surface area contributed by atoms with Crippen molar-refractivity contribution < 1.29 is 4.42 Å². The van der Waals surface area contributed by atoms with Gasteiger partial charge in [-0.05, 0) is 47.0 Å². The molecule has 0 aliphatic heterocycles. The lowest BCUT2D eigenvalue weighted by molar-refractivity contribution is 0.621. The van der Waals surface area contributed by atoms with Crippen LogP contribution in [0.15, 0.2) is 168 Å². The molecule has 8 rings (SSSR count). The Bertz CT molecular complexity index is 2240. The second-order valence-corrected chi connectivity index (χ2v) is 10.9. The third-order valence-corrected chi connectivity index (χ3v) is 7.95. The van der Waals surface area contributed by atoms with Crippen LogP contribution in [-0.2, 0) is 0 Å². The van der Waals surface area contributed by atoms with E-state index in [4.69, 9.17) is 19.4 Å². The van der Waals surface area contributed by atoms with Crippen LogP contribution in [0.25, 0.3) is 78.7 Å². The molecule has 212 valence electrons. The molecule has 0 spiro atoms. The van der Waals surface area contributed by atoms with Gasteiger partial charge in [0.05, 0.1) is 11.4 Å². The molecular formula is C41H27N3O. The molecule has 0 fully saturated rings. The summed E-state index contributed by atoms with van der Waals surface area (Å²) in [5.74, 6) is 1.30. The number of benzene rings is 6. The molecular weight excluding hydrogens is 550 g/mol. The molecule has 45 heavy (non-hydrogen) atoms. The smallest absolute Gasteiger partial charge is 0.227 e. The normalized spacial score (nSPS) is 11.1. The van der Waals surface area contributed by atoms with Crippen LogP contribution in [0.4, 0.5) is 0 Å². The number of nitrogens with zero attached hydrogens (tertiary/aromatic N) is 3. The van der Waals surface area contributed by atoms with Crippen molar-refractivity contribution in [1.29, 1.82) is 0 Å². The van der Waals surface area contributed by atoms with E-state index in [9.17, 15) is 0 Å². The number of aromatic nitrogens is 3. The van der Waals surface area contributed by atoms with E-state index in [1.165, 1.54) is 11.1 Å². The molecule has 4 nitrogen and oxygen atoms in total. The molecule has 8 aromatic rings. The second-order valence-electron chi connectivity index (χ2n) is 10.9. The molecule has 0 amide bonds. The van der Waals surface area contributed by atoms with Crippen LogP contribution >= 0.6 is 0 Å². The summed E-state index contributed by atoms with van der Waals surface area (Å²) in [5.41, 5.74) is 11.6. The van der Waals surface area contributed by atoms with Crippen molar-refractivity contribution in [3.05, 3.63) is 164 Å². The quantitative estimate of drug-likeness (QED) is 0.197. The van der Waals surface area contributed by atoms with Crippen molar-refractivity contribution in [2.24, 2.45) is 0 Å². The lowest BCUT2D eigenvalue weighted by Crippen LogP contribution is -1.96. The van der Waals surface area contributed by atoms with Crippen LogP contribution in [-0.4, -0.2) is 15.0 Å². The molecule has 0 atom stereocenters. The summed E-state index contributed by atoms with van der Waals surface area (Å²) in [6.45, 7) is 0. The van der Waals surface area contributed by atoms with Crippen molar-refractivity contribution in [2.75, 3.05) is 0 Å². The molecule has 4 heteroatoms. The molecule has 0 aliphatic rings. The third-order valence-electron chi connectivity index (χ3n) is 7.95. The van der Waals surface area contributed by atoms with Gasteiger partial charge in [-0.2, -0.15) is 0 Å². The first-order chi connectivity index (χ1) is 22.3. The van der Waals surface area contributed by atoms with Crippen molar-refractivity contribution in [1.82, 2.24) is 15.0 Å². The van der Waals surface area contributed by atoms with E-state index in [0.717, 1.165) is 55.9 Å². The van der Waals surface area contributed by atoms with Gasteiger partial charge in [0, 0.05) is 27.8 Å². The van der Waals surface area contributed by atoms with Gasteiger partial charge in [-0.25, -0.2) is 15.0 Å². The highest BCUT2D eigenvalue weighted by atomic mass is 16.3. The van der Waals surface area contributed by atoms with Gasteiger partial charge in [0.15, 0.2) is 11.4 Å². The summed E-state index contributed by atoms with van der Waals surface area (Å²) >= 11 is 0. The van der Waals surface area contributed by atoms with E-state index in [-0.39, 0.29) is 0 Å². The van der Waals surface area contributed by atoms with Crippen molar-refractivity contribution >= 4 is 11.1 Å². The third kappa shape index (κ3) is 5.30. The van der Waals surface area contributed by atoms with Gasteiger partial charge in [0.1, 0.15) is 5.52 Å². The van der Waals surface area contributed by atoms with E-state index in [0.29, 0.717) is 11.7 Å². The Morgan fingerprint density at radius 2 is 0.889 bits per heavy atom. The summed E-state index contributed by atoms with van der Waals surface area (Å²) < 4.78 is 6.34. The summed E-state index contributed by atoms with van der Waals surface area (Å²) in [7, 11) is 0. The highest BCUT2D eigenvalue weighted by molar-refractivity contribution is 5.92. The summed E-state index contributed by atoms with van der Waals surface area (Å²) in [6.07, 6.45) is 0. The van der Waals surface area contributed by atoms with E-state index in [1.807, 2.05) is 78.9 Å². The van der Waals surface area contributed by atoms with Gasteiger partial charge in [0.2, 0.25) is 5.89 Å². The van der Waals surface area contributed by atoms with Crippen LogP contribution in [0.2, 0.25) is 0 Å². The zero-order valence-electron chi connectivity index (χ0n) is 24.3. The minimum absolute atomic E-state index is 0.612. The highest BCUT2D eigenvalue weighted by Crippen LogP contribution is 2.35. The molecule has 2 heterocycles. The predicted octanol–water partition coefficient (Wildman–Crippen LogP) is 10.6. The average molecular weight is 578 g/mol. The molecule has 2 aromatic heterocycles. The van der Waals surface area contributed by atoms with E-state index < -0.39 is 0 Å². The van der Waals surface area contributed by atoms with Crippen molar-refractivity contribution in [2.45, 2.75) is 0 Å². The topological polar surface area (TPSA) is 51.8 Å². The fourth-order valence-corrected chi connectivity index (χ4v) is 5.65. The number of fused-ring (bicyclic) bond motifs is 1. The van der Waals surface area contributed by atoms with E-state index in [2.05, 4.69) is 84.9 Å². The summed E-state index contributed by atoms with van der Waals surface area (Å²) in [4.78, 5) is 14.9. The number of para-hydroxylation sites is 1. The van der Waals surface area contributed by atoms with Gasteiger partial charge in [-0.15, -0.1) is 0 Å². The number of rotatable bonds is 6. The minimum Gasteiger partial charge on any atom is -0.435 e. The molecule has 0 saturated carbocycles. The Morgan fingerprint density at radius 3 is 1.60 bits per heavy atom. The van der Waals surface area contributed by atoms with E-state index >= 15 is 0 Å². The SMILES string of the molecule is c1ccc(-c2ccc(-c3cc(-c4cccc(-c5cccc6nc(-c7ccccc7)oc56)c4)nc(-c4ccccc4)n3)cc2)cc1. The zero-order chi connectivity index (χ0) is 30.0. The first-order valence-corrected chi connectivity index (χ1v) is 14.9.